The number of halogens is 1. The first kappa shape index (κ1) is 21.0. The molecule has 0 bridgehead atoms. The van der Waals surface area contributed by atoms with Crippen molar-refractivity contribution in [3.63, 3.8) is 0 Å². The molecule has 0 saturated carbocycles. The molecule has 11 heteroatoms. The van der Waals surface area contributed by atoms with E-state index in [0.717, 1.165) is 24.0 Å². The van der Waals surface area contributed by atoms with Crippen molar-refractivity contribution in [2.24, 2.45) is 10.9 Å². The molecule has 1 aliphatic rings. The van der Waals surface area contributed by atoms with Gasteiger partial charge in [-0.2, -0.15) is 10.2 Å². The van der Waals surface area contributed by atoms with Crippen LogP contribution in [0.15, 0.2) is 40.3 Å². The van der Waals surface area contributed by atoms with Crippen LogP contribution in [0.5, 0.6) is 0 Å². The van der Waals surface area contributed by atoms with Crippen LogP contribution in [-0.4, -0.2) is 56.5 Å². The molecule has 0 amide bonds. The predicted molar refractivity (Wildman–Crippen MR) is 125 cm³/mol. The number of hydrogen-bond acceptors (Lipinski definition) is 9. The van der Waals surface area contributed by atoms with Crippen LogP contribution in [0.25, 0.3) is 22.3 Å². The number of aliphatic imine (C=N–C) groups is 1. The first-order chi connectivity index (χ1) is 16.2. The Morgan fingerprint density at radius 1 is 1.42 bits per heavy atom. The summed E-state index contributed by atoms with van der Waals surface area (Å²) < 4.78 is 5.80. The summed E-state index contributed by atoms with van der Waals surface area (Å²) in [6.45, 7) is 1.40. The largest absolute Gasteiger partial charge is 0.404 e. The highest BCUT2D eigenvalue weighted by Gasteiger charge is 2.32. The lowest BCUT2D eigenvalue weighted by atomic mass is 9.96. The molecule has 5 heterocycles. The second kappa shape index (κ2) is 8.96. The second-order valence-corrected chi connectivity index (χ2v) is 8.32. The van der Waals surface area contributed by atoms with Crippen LogP contribution >= 0.6 is 11.6 Å². The molecule has 0 aromatic carbocycles. The minimum absolute atomic E-state index is 0.150. The van der Waals surface area contributed by atoms with Crippen molar-refractivity contribution < 1.29 is 4.42 Å². The summed E-state index contributed by atoms with van der Waals surface area (Å²) >= 11 is 6.00. The van der Waals surface area contributed by atoms with E-state index in [1.807, 2.05) is 11.0 Å². The Bertz CT molecular complexity index is 1370. The van der Waals surface area contributed by atoms with Gasteiger partial charge in [-0.1, -0.05) is 11.6 Å². The predicted octanol–water partition coefficient (Wildman–Crippen LogP) is 3.76. The number of pyridine rings is 1. The molecule has 0 radical (unpaired) electrons. The number of hydrogen-bond donors (Lipinski definition) is 2. The number of fused-ring (bicyclic) bond motifs is 2. The van der Waals surface area contributed by atoms with Crippen molar-refractivity contribution in [2.75, 3.05) is 18.0 Å². The van der Waals surface area contributed by atoms with Gasteiger partial charge in [-0.05, 0) is 18.6 Å². The molecule has 10 nitrogen and oxygen atoms in total. The summed E-state index contributed by atoms with van der Waals surface area (Å²) in [5.74, 6) is -0.255. The molecule has 33 heavy (non-hydrogen) atoms. The van der Waals surface area contributed by atoms with E-state index in [1.165, 1.54) is 18.7 Å². The topological polar surface area (TPSA) is 144 Å². The SMILES string of the molecule is N#CCC(N=CC(C=N)c1ncnc2[nH]ccc12)C1CCN(c2nc3cc(Cl)cnc3o2)C1. The Labute approximate surface area is 193 Å². The Kier molecular flexibility index (Phi) is 5.71. The minimum Gasteiger partial charge on any atom is -0.404 e. The molecule has 1 saturated heterocycles. The second-order valence-electron chi connectivity index (χ2n) is 7.89. The summed E-state index contributed by atoms with van der Waals surface area (Å²) in [4.78, 5) is 27.1. The van der Waals surface area contributed by atoms with Gasteiger partial charge in [0.1, 0.15) is 17.5 Å². The zero-order chi connectivity index (χ0) is 22.8. The van der Waals surface area contributed by atoms with E-state index >= 15 is 0 Å². The Morgan fingerprint density at radius 3 is 3.18 bits per heavy atom. The Balaban J connectivity index is 1.34. The lowest BCUT2D eigenvalue weighted by Crippen LogP contribution is -2.25. The molecule has 0 spiro atoms. The van der Waals surface area contributed by atoms with Crippen LogP contribution < -0.4 is 4.90 Å². The Hall–Kier alpha value is -3.84. The highest BCUT2D eigenvalue weighted by molar-refractivity contribution is 6.31. The maximum Gasteiger partial charge on any atom is 0.299 e. The zero-order valence-electron chi connectivity index (χ0n) is 17.5. The van der Waals surface area contributed by atoms with Gasteiger partial charge in [-0.3, -0.25) is 4.99 Å². The van der Waals surface area contributed by atoms with Crippen molar-refractivity contribution in [1.29, 1.82) is 10.7 Å². The summed E-state index contributed by atoms with van der Waals surface area (Å²) in [7, 11) is 0. The molecule has 3 atom stereocenters. The minimum atomic E-state index is -0.405. The fourth-order valence-electron chi connectivity index (χ4n) is 4.19. The van der Waals surface area contributed by atoms with E-state index in [0.29, 0.717) is 34.5 Å². The molecule has 2 N–H and O–H groups in total. The first-order valence-electron chi connectivity index (χ1n) is 10.5. The number of anilines is 1. The quantitative estimate of drug-likeness (QED) is 0.398. The third kappa shape index (κ3) is 4.15. The van der Waals surface area contributed by atoms with Crippen LogP contribution in [0.4, 0.5) is 6.01 Å². The van der Waals surface area contributed by atoms with Gasteiger partial charge in [0.25, 0.3) is 6.01 Å². The van der Waals surface area contributed by atoms with Gasteiger partial charge in [-0.15, -0.1) is 0 Å². The normalized spacial score (nSPS) is 18.2. The lowest BCUT2D eigenvalue weighted by Gasteiger charge is -2.18. The van der Waals surface area contributed by atoms with E-state index in [4.69, 9.17) is 26.4 Å². The van der Waals surface area contributed by atoms with Gasteiger partial charge >= 0.3 is 0 Å². The Morgan fingerprint density at radius 2 is 2.33 bits per heavy atom. The summed E-state index contributed by atoms with van der Waals surface area (Å²) in [5, 5.41) is 18.7. The van der Waals surface area contributed by atoms with E-state index in [9.17, 15) is 5.26 Å². The van der Waals surface area contributed by atoms with Crippen LogP contribution in [0.3, 0.4) is 0 Å². The molecule has 4 aromatic heterocycles. The number of oxazole rings is 1. The van der Waals surface area contributed by atoms with Gasteiger partial charge in [-0.25, -0.2) is 15.0 Å². The maximum atomic E-state index is 9.40. The van der Waals surface area contributed by atoms with E-state index in [1.54, 1.807) is 18.5 Å². The molecule has 1 fully saturated rings. The van der Waals surface area contributed by atoms with Crippen LogP contribution in [0.2, 0.25) is 5.02 Å². The van der Waals surface area contributed by atoms with E-state index in [-0.39, 0.29) is 18.4 Å². The highest BCUT2D eigenvalue weighted by atomic mass is 35.5. The number of rotatable bonds is 7. The van der Waals surface area contributed by atoms with Crippen LogP contribution in [-0.2, 0) is 0 Å². The fraction of sp³-hybridized carbons (Fsp3) is 0.318. The average Bonchev–Trinajstić information content (AvgIpc) is 3.57. The molecular formula is C22H20ClN9O. The molecule has 3 unspecified atom stereocenters. The summed E-state index contributed by atoms with van der Waals surface area (Å²) in [5.41, 5.74) is 2.48. The third-order valence-electron chi connectivity index (χ3n) is 5.86. The van der Waals surface area contributed by atoms with Gasteiger partial charge in [0, 0.05) is 49.2 Å². The van der Waals surface area contributed by atoms with Gasteiger partial charge in [0.05, 0.1) is 35.2 Å². The van der Waals surface area contributed by atoms with Crippen molar-refractivity contribution in [3.8, 4) is 6.07 Å². The maximum absolute atomic E-state index is 9.40. The number of nitrogens with one attached hydrogen (secondary N) is 2. The highest BCUT2D eigenvalue weighted by Crippen LogP contribution is 2.30. The fourth-order valence-corrected chi connectivity index (χ4v) is 4.34. The molecular weight excluding hydrogens is 442 g/mol. The molecule has 5 rings (SSSR count). The molecule has 4 aromatic rings. The molecule has 166 valence electrons. The summed E-state index contributed by atoms with van der Waals surface area (Å²) in [6.07, 6.45) is 8.96. The lowest BCUT2D eigenvalue weighted by molar-refractivity contribution is 0.464. The van der Waals surface area contributed by atoms with Crippen LogP contribution in [0, 0.1) is 22.7 Å². The monoisotopic (exact) mass is 461 g/mol. The number of nitriles is 1. The van der Waals surface area contributed by atoms with Crippen molar-refractivity contribution in [2.45, 2.75) is 24.8 Å². The van der Waals surface area contributed by atoms with Gasteiger partial charge in [0.2, 0.25) is 5.71 Å². The number of nitrogens with zero attached hydrogens (tertiary/aromatic N) is 7. The molecule has 0 aliphatic carbocycles. The zero-order valence-corrected chi connectivity index (χ0v) is 18.3. The molecule has 1 aliphatic heterocycles. The summed E-state index contributed by atoms with van der Waals surface area (Å²) in [6, 6.07) is 6.15. The van der Waals surface area contributed by atoms with Crippen molar-refractivity contribution in [3.05, 3.63) is 41.6 Å². The van der Waals surface area contributed by atoms with Gasteiger partial charge in [0.15, 0.2) is 0 Å². The van der Waals surface area contributed by atoms with Crippen LogP contribution in [0.1, 0.15) is 24.5 Å². The van der Waals surface area contributed by atoms with E-state index < -0.39 is 5.92 Å². The van der Waals surface area contributed by atoms with E-state index in [2.05, 4.69) is 31.0 Å². The third-order valence-corrected chi connectivity index (χ3v) is 6.07. The standard InChI is InChI=1S/C22H20ClN9O/c23-15-7-18-21(28-10-15)33-22(31-18)32-6-3-13(11-32)17(1-4-24)27-9-14(8-25)19-16-2-5-26-20(16)30-12-29-19/h2,5,7-10,12-14,17,25H,1,3,6,11H2,(H,26,29,30). The van der Waals surface area contributed by atoms with Crippen molar-refractivity contribution >= 4 is 52.3 Å². The first-order valence-corrected chi connectivity index (χ1v) is 10.9. The number of aromatic amines is 1. The van der Waals surface area contributed by atoms with Crippen molar-refractivity contribution in [1.82, 2.24) is 24.9 Å². The number of aromatic nitrogens is 5. The number of H-pyrrole nitrogens is 1. The smallest absolute Gasteiger partial charge is 0.299 e. The van der Waals surface area contributed by atoms with Gasteiger partial charge < -0.3 is 19.7 Å². The average molecular weight is 462 g/mol.